The maximum absolute atomic E-state index is 12.5. The van der Waals surface area contributed by atoms with Gasteiger partial charge in [0.15, 0.2) is 0 Å². The summed E-state index contributed by atoms with van der Waals surface area (Å²) >= 11 is 0. The summed E-state index contributed by atoms with van der Waals surface area (Å²) in [5.41, 5.74) is 5.78. The van der Waals surface area contributed by atoms with E-state index in [4.69, 9.17) is 5.73 Å². The van der Waals surface area contributed by atoms with Gasteiger partial charge in [-0.3, -0.25) is 9.59 Å². The van der Waals surface area contributed by atoms with E-state index in [-0.39, 0.29) is 16.9 Å². The van der Waals surface area contributed by atoms with Gasteiger partial charge >= 0.3 is 13.2 Å². The van der Waals surface area contributed by atoms with Gasteiger partial charge in [-0.15, -0.1) is 0 Å². The zero-order valence-electron chi connectivity index (χ0n) is 14.1. The Bertz CT molecular complexity index is 870. The van der Waals surface area contributed by atoms with Crippen LogP contribution in [0.1, 0.15) is 15.9 Å². The minimum Gasteiger partial charge on any atom is -0.435 e. The Morgan fingerprint density at radius 1 is 0.964 bits per heavy atom. The molecule has 0 spiro atoms. The molecule has 10 heteroatoms. The highest BCUT2D eigenvalue weighted by atomic mass is 19.3. The van der Waals surface area contributed by atoms with Crippen LogP contribution in [0.4, 0.5) is 23.2 Å². The maximum atomic E-state index is 12.5. The number of hydrogen-bond donors (Lipinski definition) is 2. The highest BCUT2D eigenvalue weighted by molar-refractivity contribution is 6.02. The van der Waals surface area contributed by atoms with Gasteiger partial charge in [0.25, 0.3) is 0 Å². The summed E-state index contributed by atoms with van der Waals surface area (Å²) < 4.78 is 57.9. The normalized spacial score (nSPS) is 11.1. The maximum Gasteiger partial charge on any atom is 0.387 e. The molecule has 0 atom stereocenters. The summed E-state index contributed by atoms with van der Waals surface area (Å²) in [5.74, 6) is -2.05. The molecule has 28 heavy (non-hydrogen) atoms. The summed E-state index contributed by atoms with van der Waals surface area (Å²) in [5, 5.41) is 2.49. The molecule has 0 aromatic heterocycles. The molecule has 0 unspecified atom stereocenters. The number of carbonyl (C=O) groups is 2. The van der Waals surface area contributed by atoms with Gasteiger partial charge in [-0.25, -0.2) is 0 Å². The number of carbonyl (C=O) groups excluding carboxylic acids is 2. The molecular weight excluding hydrogens is 384 g/mol. The fraction of sp³-hybridized carbons (Fsp3) is 0.111. The number of anilines is 1. The molecule has 0 bridgehead atoms. The quantitative estimate of drug-likeness (QED) is 0.525. The Hall–Kier alpha value is -3.56. The fourth-order valence-corrected chi connectivity index (χ4v) is 2.09. The first-order valence-corrected chi connectivity index (χ1v) is 7.67. The topological polar surface area (TPSA) is 90.7 Å². The highest BCUT2D eigenvalue weighted by Gasteiger charge is 2.12. The molecule has 0 fully saturated rings. The molecule has 0 radical (unpaired) electrons. The number of benzene rings is 2. The van der Waals surface area contributed by atoms with Crippen LogP contribution in [0.5, 0.6) is 11.5 Å². The van der Waals surface area contributed by atoms with Gasteiger partial charge in [0, 0.05) is 29.0 Å². The van der Waals surface area contributed by atoms with E-state index in [0.717, 1.165) is 24.3 Å². The van der Waals surface area contributed by atoms with E-state index in [1.54, 1.807) is 0 Å². The third-order valence-corrected chi connectivity index (χ3v) is 3.28. The van der Waals surface area contributed by atoms with Crippen LogP contribution in [0.3, 0.4) is 0 Å². The van der Waals surface area contributed by atoms with Gasteiger partial charge in [-0.1, -0.05) is 0 Å². The molecular formula is C18H14F4N2O4. The summed E-state index contributed by atoms with van der Waals surface area (Å²) in [6.45, 7) is -6.33. The van der Waals surface area contributed by atoms with Gasteiger partial charge in [0.1, 0.15) is 11.5 Å². The van der Waals surface area contributed by atoms with Gasteiger partial charge in [-0.2, -0.15) is 17.6 Å². The average Bonchev–Trinajstić information content (AvgIpc) is 2.60. The zero-order valence-corrected chi connectivity index (χ0v) is 14.1. The lowest BCUT2D eigenvalue weighted by Gasteiger charge is -2.11. The first kappa shape index (κ1) is 20.7. The molecule has 0 saturated heterocycles. The number of amides is 2. The molecule has 3 N–H and O–H groups in total. The second kappa shape index (κ2) is 9.40. The van der Waals surface area contributed by atoms with E-state index < -0.39 is 30.8 Å². The highest BCUT2D eigenvalue weighted by Crippen LogP contribution is 2.28. The van der Waals surface area contributed by atoms with Crippen molar-refractivity contribution in [3.8, 4) is 11.5 Å². The first-order chi connectivity index (χ1) is 13.2. The third-order valence-electron chi connectivity index (χ3n) is 3.28. The van der Waals surface area contributed by atoms with E-state index in [2.05, 4.69) is 14.8 Å². The van der Waals surface area contributed by atoms with Crippen LogP contribution < -0.4 is 20.5 Å². The first-order valence-electron chi connectivity index (χ1n) is 7.67. The molecule has 2 rings (SSSR count). The molecule has 0 aliphatic rings. The van der Waals surface area contributed by atoms with Crippen molar-refractivity contribution in [1.29, 1.82) is 0 Å². The van der Waals surface area contributed by atoms with Crippen molar-refractivity contribution < 1.29 is 36.6 Å². The van der Waals surface area contributed by atoms with E-state index in [9.17, 15) is 27.2 Å². The van der Waals surface area contributed by atoms with Crippen LogP contribution >= 0.6 is 0 Å². The number of alkyl halides is 4. The van der Waals surface area contributed by atoms with Crippen LogP contribution in [0.2, 0.25) is 0 Å². The molecule has 6 nitrogen and oxygen atoms in total. The lowest BCUT2D eigenvalue weighted by molar-refractivity contribution is -0.111. The Balaban J connectivity index is 2.12. The Morgan fingerprint density at radius 3 is 2.18 bits per heavy atom. The summed E-state index contributed by atoms with van der Waals surface area (Å²) in [4.78, 5) is 22.9. The van der Waals surface area contributed by atoms with Gasteiger partial charge < -0.3 is 20.5 Å². The third kappa shape index (κ3) is 6.31. The van der Waals surface area contributed by atoms with Gasteiger partial charge in [-0.05, 0) is 42.5 Å². The number of rotatable bonds is 8. The van der Waals surface area contributed by atoms with E-state index in [0.29, 0.717) is 5.69 Å². The molecule has 148 valence electrons. The van der Waals surface area contributed by atoms with Crippen LogP contribution in [0.25, 0.3) is 6.08 Å². The second-order valence-electron chi connectivity index (χ2n) is 5.22. The monoisotopic (exact) mass is 398 g/mol. The van der Waals surface area contributed by atoms with Crippen molar-refractivity contribution in [1.82, 2.24) is 0 Å². The average molecular weight is 398 g/mol. The smallest absolute Gasteiger partial charge is 0.387 e. The predicted octanol–water partition coefficient (Wildman–Crippen LogP) is 3.64. The van der Waals surface area contributed by atoms with Crippen molar-refractivity contribution >= 4 is 23.6 Å². The Labute approximate surface area is 156 Å². The van der Waals surface area contributed by atoms with Crippen LogP contribution in [0.15, 0.2) is 48.5 Å². The predicted molar refractivity (Wildman–Crippen MR) is 92.3 cm³/mol. The number of nitrogens with one attached hydrogen (secondary N) is 1. The standard InChI is InChI=1S/C18H14F4N2O4/c19-17(20)27-13-7-3-10(14(9-13)28-18(21)22)4-8-15(25)24-12-5-1-11(2-6-12)16(23)26/h1-9,17-18H,(H2,23,26)(H,24,25)/b8-4+. The fourth-order valence-electron chi connectivity index (χ4n) is 2.09. The molecule has 2 aromatic rings. The minimum absolute atomic E-state index is 0.0427. The van der Waals surface area contributed by atoms with Crippen molar-refractivity contribution in [2.75, 3.05) is 5.32 Å². The Kier molecular flexibility index (Phi) is 6.96. The number of hydrogen-bond acceptors (Lipinski definition) is 4. The van der Waals surface area contributed by atoms with Crippen LogP contribution in [0, 0.1) is 0 Å². The summed E-state index contributed by atoms with van der Waals surface area (Å²) in [6, 6.07) is 8.89. The van der Waals surface area contributed by atoms with Gasteiger partial charge in [0.2, 0.25) is 11.8 Å². The van der Waals surface area contributed by atoms with Crippen molar-refractivity contribution in [3.63, 3.8) is 0 Å². The number of ether oxygens (including phenoxy) is 2. The molecule has 0 aliphatic carbocycles. The van der Waals surface area contributed by atoms with E-state index in [1.807, 2.05) is 0 Å². The SMILES string of the molecule is NC(=O)c1ccc(NC(=O)/C=C/c2ccc(OC(F)F)cc2OC(F)F)cc1. The number of halogens is 4. The lowest BCUT2D eigenvalue weighted by atomic mass is 10.1. The van der Waals surface area contributed by atoms with Crippen LogP contribution in [-0.4, -0.2) is 25.0 Å². The van der Waals surface area contributed by atoms with E-state index in [1.165, 1.54) is 30.3 Å². The largest absolute Gasteiger partial charge is 0.435 e. The number of nitrogens with two attached hydrogens (primary N) is 1. The molecule has 0 aliphatic heterocycles. The van der Waals surface area contributed by atoms with Gasteiger partial charge in [0.05, 0.1) is 0 Å². The van der Waals surface area contributed by atoms with Crippen molar-refractivity contribution in [3.05, 3.63) is 59.7 Å². The van der Waals surface area contributed by atoms with Crippen LogP contribution in [-0.2, 0) is 4.79 Å². The summed E-state index contributed by atoms with van der Waals surface area (Å²) in [6.07, 6.45) is 2.19. The van der Waals surface area contributed by atoms with E-state index >= 15 is 0 Å². The zero-order chi connectivity index (χ0) is 20.7. The molecule has 0 saturated carbocycles. The van der Waals surface area contributed by atoms with Crippen molar-refractivity contribution in [2.24, 2.45) is 5.73 Å². The lowest BCUT2D eigenvalue weighted by Crippen LogP contribution is -2.11. The Morgan fingerprint density at radius 2 is 1.61 bits per heavy atom. The molecule has 2 amide bonds. The molecule has 0 heterocycles. The summed E-state index contributed by atoms with van der Waals surface area (Å²) in [7, 11) is 0. The van der Waals surface area contributed by atoms with Crippen molar-refractivity contribution in [2.45, 2.75) is 13.2 Å². The minimum atomic E-state index is -3.20. The second-order valence-corrected chi connectivity index (χ2v) is 5.22. The molecule has 2 aromatic carbocycles. The number of primary amides is 1.